The Hall–Kier alpha value is -3.89. The Bertz CT molecular complexity index is 1520. The van der Waals surface area contributed by atoms with Gasteiger partial charge in [-0.05, 0) is 120 Å². The molecule has 7 heteroatoms. The molecule has 50 heavy (non-hydrogen) atoms. The summed E-state index contributed by atoms with van der Waals surface area (Å²) >= 11 is 1.89. The Balaban J connectivity index is 0.000000630. The van der Waals surface area contributed by atoms with E-state index in [9.17, 15) is 9.18 Å². The second kappa shape index (κ2) is 25.1. The van der Waals surface area contributed by atoms with Gasteiger partial charge < -0.3 is 10.4 Å². The van der Waals surface area contributed by atoms with Gasteiger partial charge in [-0.1, -0.05) is 77.8 Å². The number of rotatable bonds is 10. The van der Waals surface area contributed by atoms with Gasteiger partial charge in [0, 0.05) is 27.9 Å². The summed E-state index contributed by atoms with van der Waals surface area (Å²) in [6.07, 6.45) is 14.2. The van der Waals surface area contributed by atoms with E-state index in [1.807, 2.05) is 77.6 Å². The average Bonchev–Trinajstić information content (AvgIpc) is 3.55. The van der Waals surface area contributed by atoms with Crippen LogP contribution in [0.1, 0.15) is 127 Å². The molecule has 2 N–H and O–H groups in total. The average molecular weight is 704 g/mol. The molecule has 1 saturated carbocycles. The summed E-state index contributed by atoms with van der Waals surface area (Å²) in [5, 5.41) is 20.1. The van der Waals surface area contributed by atoms with Crippen LogP contribution in [-0.4, -0.2) is 22.7 Å². The maximum Gasteiger partial charge on any atom is 0.335 e. The molecule has 274 valence electrons. The number of aliphatic imine (C=N–C) groups is 1. The summed E-state index contributed by atoms with van der Waals surface area (Å²) in [6.45, 7) is 28.5. The topological polar surface area (TPSA) is 85.5 Å². The van der Waals surface area contributed by atoms with Gasteiger partial charge in [0.05, 0.1) is 23.1 Å². The standard InChI is InChI=1S/C15H25N.C9H8FN.C9H10O2.C5H9NS.C5H10/c1-6-9-12(4)16-13(5)15(10-7-2)11-14(15)8-3;1-2-8-4-3-7(6-11)5-9(8)10;1-6-3-4-8(9(10)11)5-7(6)2;1-2-5-3-6-4-7-5;1-4-5(2)3/h6,9,14H,5,7-8,10-11H2,1-4H3;3-5H,2H2,1H3;3-5H,1-2H3,(H,10,11);3,6H,2,4H2,1H3;2,4H2,1,3H3/b9-6-,16-12?;;;;. The van der Waals surface area contributed by atoms with Crippen LogP contribution in [0, 0.1) is 42.3 Å². The highest BCUT2D eigenvalue weighted by atomic mass is 32.2. The summed E-state index contributed by atoms with van der Waals surface area (Å²) < 4.78 is 12.9. The molecule has 1 heterocycles. The highest BCUT2D eigenvalue weighted by molar-refractivity contribution is 8.03. The number of benzene rings is 2. The lowest BCUT2D eigenvalue weighted by atomic mass is 9.93. The SMILES string of the molecule is C=C(C)CC.C=C(N=C(C)/C=C\C)C1(CCC)CC1CC.CCC1=CNCS1.CCc1ccc(C#N)cc1F.Cc1ccc(C(=O)O)cc1C. The summed E-state index contributed by atoms with van der Waals surface area (Å²) in [5.74, 6) is 0.741. The molecule has 0 radical (unpaired) electrons. The summed E-state index contributed by atoms with van der Waals surface area (Å²) in [6, 6.07) is 11.5. The molecule has 2 aliphatic rings. The van der Waals surface area contributed by atoms with Crippen molar-refractivity contribution in [3.05, 3.63) is 118 Å². The molecular formula is C43H62FN3O2S. The maximum atomic E-state index is 12.9. The van der Waals surface area contributed by atoms with E-state index >= 15 is 0 Å². The predicted molar refractivity (Wildman–Crippen MR) is 215 cm³/mol. The van der Waals surface area contributed by atoms with Crippen LogP contribution in [0.15, 0.2) is 89.1 Å². The fourth-order valence-corrected chi connectivity index (χ4v) is 5.81. The normalized spacial score (nSPS) is 17.0. The molecule has 1 aliphatic heterocycles. The lowest BCUT2D eigenvalue weighted by Crippen LogP contribution is -2.07. The molecule has 2 unspecified atom stereocenters. The zero-order valence-electron chi connectivity index (χ0n) is 32.4. The molecule has 4 rings (SSSR count). The summed E-state index contributed by atoms with van der Waals surface area (Å²) in [7, 11) is 0. The highest BCUT2D eigenvalue weighted by Crippen LogP contribution is 2.62. The second-order valence-electron chi connectivity index (χ2n) is 12.6. The van der Waals surface area contributed by atoms with Crippen molar-refractivity contribution >= 4 is 23.4 Å². The minimum atomic E-state index is -0.867. The van der Waals surface area contributed by atoms with Crippen LogP contribution >= 0.6 is 11.8 Å². The molecule has 0 spiro atoms. The third kappa shape index (κ3) is 17.2. The van der Waals surface area contributed by atoms with Gasteiger partial charge in [0.25, 0.3) is 0 Å². The van der Waals surface area contributed by atoms with Crippen molar-refractivity contribution in [1.82, 2.24) is 5.32 Å². The molecule has 0 saturated heterocycles. The van der Waals surface area contributed by atoms with Crippen molar-refractivity contribution in [2.24, 2.45) is 16.3 Å². The maximum absolute atomic E-state index is 12.9. The Morgan fingerprint density at radius 3 is 2.14 bits per heavy atom. The van der Waals surface area contributed by atoms with Crippen LogP contribution in [0.5, 0.6) is 0 Å². The van der Waals surface area contributed by atoms with Gasteiger partial charge in [-0.25, -0.2) is 9.18 Å². The van der Waals surface area contributed by atoms with Crippen LogP contribution in [0.4, 0.5) is 4.39 Å². The fourth-order valence-electron chi connectivity index (χ4n) is 5.08. The smallest absolute Gasteiger partial charge is 0.335 e. The Morgan fingerprint density at radius 2 is 1.76 bits per heavy atom. The Morgan fingerprint density at radius 1 is 1.10 bits per heavy atom. The number of carbonyl (C=O) groups is 1. The zero-order valence-corrected chi connectivity index (χ0v) is 33.2. The van der Waals surface area contributed by atoms with E-state index in [1.165, 1.54) is 48.6 Å². The van der Waals surface area contributed by atoms with Crippen LogP contribution in [-0.2, 0) is 6.42 Å². The molecule has 0 aromatic heterocycles. The first kappa shape index (κ1) is 46.1. The molecule has 1 fully saturated rings. The van der Waals surface area contributed by atoms with E-state index in [-0.39, 0.29) is 5.82 Å². The minimum absolute atomic E-state index is 0.286. The van der Waals surface area contributed by atoms with E-state index in [4.69, 9.17) is 10.4 Å². The minimum Gasteiger partial charge on any atom is -0.478 e. The number of carboxylic acid groups (broad SMARTS) is 1. The number of thioether (sulfide) groups is 1. The van der Waals surface area contributed by atoms with Gasteiger partial charge in [-0.3, -0.25) is 4.99 Å². The Labute approximate surface area is 307 Å². The van der Waals surface area contributed by atoms with Crippen molar-refractivity contribution in [3.8, 4) is 6.07 Å². The second-order valence-corrected chi connectivity index (χ2v) is 13.7. The van der Waals surface area contributed by atoms with E-state index in [2.05, 4.69) is 57.4 Å². The quantitative estimate of drug-likeness (QED) is 0.190. The first-order chi connectivity index (χ1) is 23.7. The van der Waals surface area contributed by atoms with Gasteiger partial charge in [0.1, 0.15) is 5.82 Å². The molecule has 1 aliphatic carbocycles. The number of allylic oxidation sites excluding steroid dienone is 5. The first-order valence-corrected chi connectivity index (χ1v) is 18.7. The van der Waals surface area contributed by atoms with Crippen molar-refractivity contribution in [2.75, 3.05) is 5.88 Å². The van der Waals surface area contributed by atoms with Crippen molar-refractivity contribution in [1.29, 1.82) is 5.26 Å². The number of hydrogen-bond acceptors (Lipinski definition) is 5. The van der Waals surface area contributed by atoms with Gasteiger partial charge in [0.2, 0.25) is 0 Å². The number of nitrogens with zero attached hydrogens (tertiary/aromatic N) is 2. The number of nitrogens with one attached hydrogen (secondary N) is 1. The summed E-state index contributed by atoms with van der Waals surface area (Å²) in [5.41, 5.74) is 7.30. The van der Waals surface area contributed by atoms with Crippen molar-refractivity contribution < 1.29 is 14.3 Å². The lowest BCUT2D eigenvalue weighted by molar-refractivity contribution is 0.0696. The number of aryl methyl sites for hydroxylation is 3. The zero-order chi connectivity index (χ0) is 38.3. The van der Waals surface area contributed by atoms with Gasteiger partial charge in [0.15, 0.2) is 0 Å². The predicted octanol–water partition coefficient (Wildman–Crippen LogP) is 12.5. The van der Waals surface area contributed by atoms with Crippen LogP contribution in [0.3, 0.4) is 0 Å². The van der Waals surface area contributed by atoms with Crippen molar-refractivity contribution in [3.63, 3.8) is 0 Å². The van der Waals surface area contributed by atoms with Crippen LogP contribution in [0.2, 0.25) is 0 Å². The molecule has 5 nitrogen and oxygen atoms in total. The monoisotopic (exact) mass is 703 g/mol. The van der Waals surface area contributed by atoms with E-state index in [0.29, 0.717) is 28.5 Å². The number of aromatic carboxylic acids is 1. The van der Waals surface area contributed by atoms with Gasteiger partial charge in [-0.15, -0.1) is 18.3 Å². The lowest BCUT2D eigenvalue weighted by Gasteiger charge is -2.16. The van der Waals surface area contributed by atoms with E-state index < -0.39 is 5.97 Å². The number of hydrogen-bond donors (Lipinski definition) is 2. The largest absolute Gasteiger partial charge is 0.478 e. The number of halogens is 1. The highest BCUT2D eigenvalue weighted by Gasteiger charge is 2.53. The third-order valence-electron chi connectivity index (χ3n) is 8.59. The third-order valence-corrected chi connectivity index (χ3v) is 9.68. The molecule has 0 bridgehead atoms. The van der Waals surface area contributed by atoms with Crippen LogP contribution < -0.4 is 5.32 Å². The van der Waals surface area contributed by atoms with E-state index in [1.54, 1.807) is 24.3 Å². The van der Waals surface area contributed by atoms with E-state index in [0.717, 1.165) is 40.8 Å². The Kier molecular flexibility index (Phi) is 23.2. The molecule has 2 atom stereocenters. The molecule has 2 aromatic carbocycles. The van der Waals surface area contributed by atoms with Crippen molar-refractivity contribution in [2.45, 2.75) is 114 Å². The first-order valence-electron chi connectivity index (χ1n) is 17.8. The molecule has 0 amide bonds. The number of nitriles is 1. The number of carboxylic acids is 1. The molecule has 2 aromatic rings. The van der Waals surface area contributed by atoms with Crippen LogP contribution in [0.25, 0.3) is 0 Å². The molecular weight excluding hydrogens is 642 g/mol. The summed E-state index contributed by atoms with van der Waals surface area (Å²) in [4.78, 5) is 16.6. The van der Waals surface area contributed by atoms with Gasteiger partial charge in [-0.2, -0.15) is 5.26 Å². The fraction of sp³-hybridized carbons (Fsp3) is 0.465. The van der Waals surface area contributed by atoms with Gasteiger partial charge >= 0.3 is 5.97 Å².